The van der Waals surface area contributed by atoms with Crippen LogP contribution in [-0.2, 0) is 6.18 Å². The second kappa shape index (κ2) is 5.82. The summed E-state index contributed by atoms with van der Waals surface area (Å²) in [6.45, 7) is 2.82. The molecule has 0 unspecified atom stereocenters. The lowest BCUT2D eigenvalue weighted by Gasteiger charge is -2.37. The minimum absolute atomic E-state index is 0.468. The monoisotopic (exact) mass is 308 g/mol. The molecule has 0 saturated carbocycles. The molecule has 1 saturated heterocycles. The first-order valence-corrected chi connectivity index (χ1v) is 6.99. The van der Waals surface area contributed by atoms with Crippen LogP contribution < -0.4 is 9.80 Å². The van der Waals surface area contributed by atoms with Crippen LogP contribution in [0.25, 0.3) is 0 Å². The maximum absolute atomic E-state index is 12.7. The van der Waals surface area contributed by atoms with E-state index in [0.29, 0.717) is 18.8 Å². The Balaban J connectivity index is 1.69. The van der Waals surface area contributed by atoms with Crippen LogP contribution in [0.5, 0.6) is 0 Å². The van der Waals surface area contributed by atoms with Gasteiger partial charge in [-0.15, -0.1) is 5.10 Å². The molecule has 1 aromatic heterocycles. The number of hydrogen-bond acceptors (Lipinski definition) is 4. The summed E-state index contributed by atoms with van der Waals surface area (Å²) in [5.74, 6) is 0. The molecular weight excluding hydrogens is 293 g/mol. The van der Waals surface area contributed by atoms with Gasteiger partial charge in [-0.2, -0.15) is 18.3 Å². The van der Waals surface area contributed by atoms with Gasteiger partial charge in [0.25, 0.3) is 0 Å². The predicted molar refractivity (Wildman–Crippen MR) is 77.9 cm³/mol. The van der Waals surface area contributed by atoms with E-state index in [1.807, 2.05) is 35.2 Å². The van der Waals surface area contributed by atoms with E-state index in [9.17, 15) is 13.2 Å². The van der Waals surface area contributed by atoms with Crippen molar-refractivity contribution in [2.45, 2.75) is 6.18 Å². The normalized spacial score (nSPS) is 16.0. The molecule has 0 amide bonds. The van der Waals surface area contributed by atoms with Crippen molar-refractivity contribution in [1.29, 1.82) is 0 Å². The Kier molecular flexibility index (Phi) is 3.87. The lowest BCUT2D eigenvalue weighted by molar-refractivity contribution is -0.141. The smallest absolute Gasteiger partial charge is 0.368 e. The SMILES string of the molecule is FC(F)(F)c1cc(N2CCN(c3ccccc3)CC2)cnn1. The van der Waals surface area contributed by atoms with E-state index in [0.717, 1.165) is 24.8 Å². The number of nitrogens with zero attached hydrogens (tertiary/aromatic N) is 4. The van der Waals surface area contributed by atoms with Crippen LogP contribution in [0.3, 0.4) is 0 Å². The highest BCUT2D eigenvalue weighted by Gasteiger charge is 2.33. The molecule has 3 rings (SSSR count). The van der Waals surface area contributed by atoms with Gasteiger partial charge in [0.05, 0.1) is 11.9 Å². The van der Waals surface area contributed by atoms with Gasteiger partial charge in [-0.25, -0.2) is 0 Å². The Labute approximate surface area is 126 Å². The fourth-order valence-corrected chi connectivity index (χ4v) is 2.53. The second-order valence-corrected chi connectivity index (χ2v) is 5.11. The molecule has 1 aliphatic heterocycles. The van der Waals surface area contributed by atoms with Crippen LogP contribution in [-0.4, -0.2) is 36.4 Å². The van der Waals surface area contributed by atoms with Crippen LogP contribution in [0, 0.1) is 0 Å². The zero-order valence-electron chi connectivity index (χ0n) is 11.8. The molecule has 22 heavy (non-hydrogen) atoms. The number of aromatic nitrogens is 2. The van der Waals surface area contributed by atoms with Gasteiger partial charge in [-0.1, -0.05) is 18.2 Å². The number of alkyl halides is 3. The van der Waals surface area contributed by atoms with Gasteiger partial charge in [-0.05, 0) is 18.2 Å². The van der Waals surface area contributed by atoms with Crippen LogP contribution in [0.1, 0.15) is 5.69 Å². The van der Waals surface area contributed by atoms with Gasteiger partial charge in [0.1, 0.15) is 0 Å². The Hall–Kier alpha value is -2.31. The third-order valence-corrected chi connectivity index (χ3v) is 3.70. The molecule has 0 atom stereocenters. The van der Waals surface area contributed by atoms with E-state index in [1.165, 1.54) is 6.20 Å². The molecule has 0 bridgehead atoms. The van der Waals surface area contributed by atoms with Crippen LogP contribution in [0.2, 0.25) is 0 Å². The first-order chi connectivity index (χ1) is 10.5. The summed E-state index contributed by atoms with van der Waals surface area (Å²) < 4.78 is 38.1. The topological polar surface area (TPSA) is 32.3 Å². The van der Waals surface area contributed by atoms with E-state index >= 15 is 0 Å². The van der Waals surface area contributed by atoms with Crippen molar-refractivity contribution < 1.29 is 13.2 Å². The highest BCUT2D eigenvalue weighted by Crippen LogP contribution is 2.29. The van der Waals surface area contributed by atoms with E-state index in [2.05, 4.69) is 15.1 Å². The van der Waals surface area contributed by atoms with Crippen molar-refractivity contribution in [3.05, 3.63) is 48.3 Å². The van der Waals surface area contributed by atoms with Gasteiger partial charge < -0.3 is 9.80 Å². The maximum Gasteiger partial charge on any atom is 0.435 e. The summed E-state index contributed by atoms with van der Waals surface area (Å²) >= 11 is 0. The molecule has 2 aromatic rings. The third kappa shape index (κ3) is 3.13. The highest BCUT2D eigenvalue weighted by atomic mass is 19.4. The zero-order valence-corrected chi connectivity index (χ0v) is 11.8. The molecule has 7 heteroatoms. The maximum atomic E-state index is 12.7. The van der Waals surface area contributed by atoms with Crippen LogP contribution in [0.15, 0.2) is 42.6 Å². The largest absolute Gasteiger partial charge is 0.435 e. The Morgan fingerprint density at radius 3 is 2.05 bits per heavy atom. The van der Waals surface area contributed by atoms with E-state index in [-0.39, 0.29) is 0 Å². The molecule has 0 N–H and O–H groups in total. The molecule has 1 aliphatic rings. The van der Waals surface area contributed by atoms with E-state index < -0.39 is 11.9 Å². The molecule has 0 aliphatic carbocycles. The molecular formula is C15H15F3N4. The minimum atomic E-state index is -4.46. The van der Waals surface area contributed by atoms with Crippen molar-refractivity contribution >= 4 is 11.4 Å². The fraction of sp³-hybridized carbons (Fsp3) is 0.333. The first kappa shape index (κ1) is 14.6. The van der Waals surface area contributed by atoms with E-state index in [1.54, 1.807) is 0 Å². The number of rotatable bonds is 2. The van der Waals surface area contributed by atoms with Crippen molar-refractivity contribution in [1.82, 2.24) is 10.2 Å². The third-order valence-electron chi connectivity index (χ3n) is 3.70. The van der Waals surface area contributed by atoms with Gasteiger partial charge in [-0.3, -0.25) is 0 Å². The quantitative estimate of drug-likeness (QED) is 0.854. The Bertz CT molecular complexity index is 622. The number of piperazine rings is 1. The molecule has 4 nitrogen and oxygen atoms in total. The number of benzene rings is 1. The summed E-state index contributed by atoms with van der Waals surface area (Å²) in [6.07, 6.45) is -3.08. The Morgan fingerprint density at radius 2 is 1.45 bits per heavy atom. The lowest BCUT2D eigenvalue weighted by Crippen LogP contribution is -2.46. The Morgan fingerprint density at radius 1 is 0.864 bits per heavy atom. The molecule has 1 aromatic carbocycles. The minimum Gasteiger partial charge on any atom is -0.368 e. The zero-order chi connectivity index (χ0) is 15.6. The summed E-state index contributed by atoms with van der Waals surface area (Å²) in [6, 6.07) is 11.0. The number of halogens is 3. The van der Waals surface area contributed by atoms with Gasteiger partial charge in [0.15, 0.2) is 5.69 Å². The molecule has 1 fully saturated rings. The van der Waals surface area contributed by atoms with Crippen molar-refractivity contribution in [3.63, 3.8) is 0 Å². The van der Waals surface area contributed by atoms with Gasteiger partial charge in [0, 0.05) is 31.9 Å². The molecule has 0 radical (unpaired) electrons. The number of anilines is 2. The van der Waals surface area contributed by atoms with Gasteiger partial charge >= 0.3 is 6.18 Å². The number of para-hydroxylation sites is 1. The predicted octanol–water partition coefficient (Wildman–Crippen LogP) is 2.82. The summed E-state index contributed by atoms with van der Waals surface area (Å²) in [5, 5.41) is 6.63. The summed E-state index contributed by atoms with van der Waals surface area (Å²) in [4.78, 5) is 4.12. The van der Waals surface area contributed by atoms with Crippen LogP contribution in [0.4, 0.5) is 24.5 Å². The van der Waals surface area contributed by atoms with Crippen molar-refractivity contribution in [2.75, 3.05) is 36.0 Å². The molecule has 2 heterocycles. The fourth-order valence-electron chi connectivity index (χ4n) is 2.53. The lowest BCUT2D eigenvalue weighted by atomic mass is 10.2. The second-order valence-electron chi connectivity index (χ2n) is 5.11. The van der Waals surface area contributed by atoms with E-state index in [4.69, 9.17) is 0 Å². The average molecular weight is 308 g/mol. The average Bonchev–Trinajstić information content (AvgIpc) is 2.55. The summed E-state index contributed by atoms with van der Waals surface area (Å²) in [5.41, 5.74) is 0.650. The highest BCUT2D eigenvalue weighted by molar-refractivity contribution is 5.51. The van der Waals surface area contributed by atoms with Crippen molar-refractivity contribution in [2.24, 2.45) is 0 Å². The number of hydrogen-bond donors (Lipinski definition) is 0. The first-order valence-electron chi connectivity index (χ1n) is 6.99. The standard InChI is InChI=1S/C15H15F3N4/c16-15(17,18)14-10-13(11-19-20-14)22-8-6-21(7-9-22)12-4-2-1-3-5-12/h1-5,10-11H,6-9H2. The van der Waals surface area contributed by atoms with Gasteiger partial charge in [0.2, 0.25) is 0 Å². The van der Waals surface area contributed by atoms with Crippen molar-refractivity contribution in [3.8, 4) is 0 Å². The summed E-state index contributed by atoms with van der Waals surface area (Å²) in [7, 11) is 0. The van der Waals surface area contributed by atoms with Crippen LogP contribution >= 0.6 is 0 Å². The molecule has 116 valence electrons. The molecule has 0 spiro atoms.